The Morgan fingerprint density at radius 3 is 2.33 bits per heavy atom. The van der Waals surface area contributed by atoms with Crippen molar-refractivity contribution in [1.29, 1.82) is 0 Å². The van der Waals surface area contributed by atoms with E-state index >= 15 is 0 Å². The summed E-state index contributed by atoms with van der Waals surface area (Å²) in [5.41, 5.74) is 0. The Kier molecular flexibility index (Phi) is 3.13. The molecule has 0 aliphatic heterocycles. The fourth-order valence-corrected chi connectivity index (χ4v) is 1.88. The van der Waals surface area contributed by atoms with Gasteiger partial charge in [-0.05, 0) is 23.4 Å². The van der Waals surface area contributed by atoms with Crippen LogP contribution in [0.4, 0.5) is 0 Å². The molecule has 3 heteroatoms. The zero-order valence-corrected chi connectivity index (χ0v) is 9.87. The Bertz CT molecular complexity index is 436. The maximum absolute atomic E-state index is 5.71. The van der Waals surface area contributed by atoms with Gasteiger partial charge in [0.1, 0.15) is 11.5 Å². The molecule has 0 saturated carbocycles. The minimum absolute atomic E-state index is 0.740. The van der Waals surface area contributed by atoms with Crippen molar-refractivity contribution in [3.63, 3.8) is 0 Å². The van der Waals surface area contributed by atoms with Crippen molar-refractivity contribution in [2.24, 2.45) is 0 Å². The fourth-order valence-electron chi connectivity index (χ4n) is 1.24. The average Bonchev–Trinajstić information content (AvgIpc) is 2.25. The molecule has 0 spiro atoms. The van der Waals surface area contributed by atoms with Crippen LogP contribution in [0.1, 0.15) is 0 Å². The third kappa shape index (κ3) is 2.43. The Morgan fingerprint density at radius 2 is 1.67 bits per heavy atom. The van der Waals surface area contributed by atoms with Gasteiger partial charge in [-0.2, -0.15) is 0 Å². The molecule has 0 aliphatic rings. The molecule has 0 heterocycles. The highest BCUT2D eigenvalue weighted by molar-refractivity contribution is 7.80. The van der Waals surface area contributed by atoms with Gasteiger partial charge in [0.05, 0.1) is 10.2 Å². The van der Waals surface area contributed by atoms with Gasteiger partial charge in [-0.1, -0.05) is 30.3 Å². The van der Waals surface area contributed by atoms with Gasteiger partial charge in [-0.3, -0.25) is 0 Å². The van der Waals surface area contributed by atoms with E-state index in [0.29, 0.717) is 0 Å². The second kappa shape index (κ2) is 4.55. The zero-order valence-electron chi connectivity index (χ0n) is 7.97. The van der Waals surface area contributed by atoms with E-state index in [4.69, 9.17) is 4.74 Å². The summed E-state index contributed by atoms with van der Waals surface area (Å²) in [6.07, 6.45) is 0. The first-order valence-electron chi connectivity index (χ1n) is 4.54. The first-order valence-corrected chi connectivity index (χ1v) is 5.48. The third-order valence-corrected chi connectivity index (χ3v) is 2.70. The quantitative estimate of drug-likeness (QED) is 0.615. The molecule has 73 valence electrons. The first kappa shape index (κ1) is 10.3. The van der Waals surface area contributed by atoms with E-state index in [0.717, 1.165) is 21.6 Å². The minimum atomic E-state index is 0.740. The van der Waals surface area contributed by atoms with Crippen LogP contribution < -0.4 is 9.92 Å². The van der Waals surface area contributed by atoms with Gasteiger partial charge in [-0.25, -0.2) is 0 Å². The second-order valence-corrected chi connectivity index (χ2v) is 4.09. The molecule has 0 aromatic heterocycles. The summed E-state index contributed by atoms with van der Waals surface area (Å²) in [6, 6.07) is 15.4. The largest absolute Gasteiger partial charge is 0.456 e. The zero-order chi connectivity index (χ0) is 10.7. The molecule has 2 aromatic rings. The Morgan fingerprint density at radius 1 is 0.933 bits per heavy atom. The topological polar surface area (TPSA) is 9.23 Å². The maximum atomic E-state index is 5.71. The molecule has 0 atom stereocenters. The van der Waals surface area contributed by atoms with Crippen molar-refractivity contribution in [2.75, 3.05) is 0 Å². The van der Waals surface area contributed by atoms with Crippen LogP contribution in [0.15, 0.2) is 53.4 Å². The summed E-state index contributed by atoms with van der Waals surface area (Å²) in [5.74, 6) is 1.54. The van der Waals surface area contributed by atoms with Crippen molar-refractivity contribution in [3.05, 3.63) is 48.5 Å². The molecule has 0 unspecified atom stereocenters. The van der Waals surface area contributed by atoms with Crippen molar-refractivity contribution >= 4 is 28.1 Å². The highest BCUT2D eigenvalue weighted by atomic mass is 32.1. The second-order valence-electron chi connectivity index (χ2n) is 3.07. The molecule has 0 N–H and O–H groups in total. The average molecular weight is 229 g/mol. The summed E-state index contributed by atoms with van der Waals surface area (Å²) in [6.45, 7) is 0. The predicted molar refractivity (Wildman–Crippen MR) is 65.6 cm³/mol. The molecule has 1 nitrogen and oxygen atoms in total. The van der Waals surface area contributed by atoms with Crippen LogP contribution in [0.3, 0.4) is 0 Å². The van der Waals surface area contributed by atoms with Gasteiger partial charge in [0, 0.05) is 4.90 Å². The summed E-state index contributed by atoms with van der Waals surface area (Å²) in [7, 11) is 3.48. The van der Waals surface area contributed by atoms with Crippen LogP contribution in [0.2, 0.25) is 0 Å². The lowest BCUT2D eigenvalue weighted by Gasteiger charge is -2.10. The number of hydrogen-bond donors (Lipinski definition) is 1. The smallest absolute Gasteiger partial charge is 0.139 e. The van der Waals surface area contributed by atoms with E-state index in [1.807, 2.05) is 48.5 Å². The lowest BCUT2D eigenvalue weighted by Crippen LogP contribution is -2.06. The van der Waals surface area contributed by atoms with Gasteiger partial charge in [0.25, 0.3) is 0 Å². The van der Waals surface area contributed by atoms with Crippen molar-refractivity contribution in [3.8, 4) is 11.5 Å². The van der Waals surface area contributed by atoms with Gasteiger partial charge in [0.15, 0.2) is 0 Å². The lowest BCUT2D eigenvalue weighted by atomic mass is 10.3. The van der Waals surface area contributed by atoms with Crippen LogP contribution >= 0.6 is 12.6 Å². The van der Waals surface area contributed by atoms with Crippen LogP contribution in [0, 0.1) is 0 Å². The summed E-state index contributed by atoms with van der Waals surface area (Å²) in [4.78, 5) is 0.811. The lowest BCUT2D eigenvalue weighted by molar-refractivity contribution is 0.475. The third-order valence-electron chi connectivity index (χ3n) is 1.96. The van der Waals surface area contributed by atoms with Crippen molar-refractivity contribution < 1.29 is 4.74 Å². The number of thiol groups is 1. The van der Waals surface area contributed by atoms with E-state index in [-0.39, 0.29) is 0 Å². The molecule has 0 bridgehead atoms. The van der Waals surface area contributed by atoms with Gasteiger partial charge in [-0.15, -0.1) is 12.6 Å². The molecular formula is C12H9OSSi. The first-order chi connectivity index (χ1) is 7.27. The SMILES string of the molecule is [Si]c1cccc(S)c1Oc1ccccc1. The van der Waals surface area contributed by atoms with Gasteiger partial charge in [0.2, 0.25) is 0 Å². The standard InChI is InChI=1S/C12H9OSSi/c14-10-7-4-8-11(15)12(10)13-9-5-2-1-3-6-9/h1-8,14H. The highest BCUT2D eigenvalue weighted by Gasteiger charge is 2.04. The molecule has 0 fully saturated rings. The Labute approximate surface area is 97.9 Å². The van der Waals surface area contributed by atoms with E-state index in [9.17, 15) is 0 Å². The molecule has 3 radical (unpaired) electrons. The molecule has 2 aromatic carbocycles. The summed E-state index contributed by atoms with van der Waals surface area (Å²) >= 11 is 4.34. The van der Waals surface area contributed by atoms with Crippen LogP contribution in [0.25, 0.3) is 0 Å². The van der Waals surface area contributed by atoms with Crippen molar-refractivity contribution in [2.45, 2.75) is 4.90 Å². The summed E-state index contributed by atoms with van der Waals surface area (Å²) in [5, 5.41) is 0.895. The molecule has 0 saturated heterocycles. The number of rotatable bonds is 2. The van der Waals surface area contributed by atoms with Crippen LogP contribution in [-0.4, -0.2) is 10.2 Å². The number of benzene rings is 2. The fraction of sp³-hybridized carbons (Fsp3) is 0. The maximum Gasteiger partial charge on any atom is 0.139 e. The van der Waals surface area contributed by atoms with Crippen molar-refractivity contribution in [1.82, 2.24) is 0 Å². The number of hydrogen-bond acceptors (Lipinski definition) is 2. The number of ether oxygens (including phenoxy) is 1. The van der Waals surface area contributed by atoms with E-state index in [1.165, 1.54) is 0 Å². The van der Waals surface area contributed by atoms with Crippen LogP contribution in [-0.2, 0) is 0 Å². The highest BCUT2D eigenvalue weighted by Crippen LogP contribution is 2.25. The normalized spacial score (nSPS) is 10.0. The summed E-state index contributed by atoms with van der Waals surface area (Å²) < 4.78 is 5.71. The molecule has 0 aliphatic carbocycles. The molecular weight excluding hydrogens is 220 g/mol. The predicted octanol–water partition coefficient (Wildman–Crippen LogP) is 2.56. The van der Waals surface area contributed by atoms with Gasteiger partial charge < -0.3 is 4.74 Å². The Hall–Kier alpha value is -1.19. The van der Waals surface area contributed by atoms with E-state index in [2.05, 4.69) is 22.9 Å². The van der Waals surface area contributed by atoms with Crippen LogP contribution in [0.5, 0.6) is 11.5 Å². The van der Waals surface area contributed by atoms with Gasteiger partial charge >= 0.3 is 0 Å². The molecule has 15 heavy (non-hydrogen) atoms. The van der Waals surface area contributed by atoms with E-state index in [1.54, 1.807) is 0 Å². The Balaban J connectivity index is 2.32. The van der Waals surface area contributed by atoms with E-state index < -0.39 is 0 Å². The number of para-hydroxylation sites is 2. The monoisotopic (exact) mass is 229 g/mol. The molecule has 0 amide bonds. The molecule has 2 rings (SSSR count). The minimum Gasteiger partial charge on any atom is -0.456 e.